The summed E-state index contributed by atoms with van der Waals surface area (Å²) in [6.07, 6.45) is 6.14. The molecule has 0 fully saturated rings. The number of sulfonamides is 1. The molecule has 0 bridgehead atoms. The number of rotatable bonds is 7. The highest BCUT2D eigenvalue weighted by Gasteiger charge is 2.38. The zero-order valence-corrected chi connectivity index (χ0v) is 20.6. The molecule has 0 saturated heterocycles. The Hall–Kier alpha value is -2.89. The van der Waals surface area contributed by atoms with Crippen molar-refractivity contribution in [2.24, 2.45) is 5.92 Å². The molecular formula is C29H32N2O2S. The Bertz CT molecular complexity index is 1280. The number of hydrogen-bond acceptors (Lipinski definition) is 3. The molecule has 2 aliphatic rings. The van der Waals surface area contributed by atoms with Crippen LogP contribution in [0.2, 0.25) is 0 Å². The highest BCUT2D eigenvalue weighted by atomic mass is 32.2. The molecule has 4 nitrogen and oxygen atoms in total. The van der Waals surface area contributed by atoms with Gasteiger partial charge < -0.3 is 5.32 Å². The maximum Gasteiger partial charge on any atom is 0.240 e. The molecule has 5 rings (SSSR count). The van der Waals surface area contributed by atoms with E-state index >= 15 is 0 Å². The third kappa shape index (κ3) is 4.55. The molecule has 0 spiro atoms. The first-order valence-corrected chi connectivity index (χ1v) is 13.6. The van der Waals surface area contributed by atoms with E-state index in [9.17, 15) is 8.42 Å². The van der Waals surface area contributed by atoms with Crippen molar-refractivity contribution in [2.45, 2.75) is 49.5 Å². The van der Waals surface area contributed by atoms with Crippen molar-refractivity contribution >= 4 is 15.7 Å². The molecule has 0 aromatic heterocycles. The van der Waals surface area contributed by atoms with E-state index in [1.807, 2.05) is 42.5 Å². The summed E-state index contributed by atoms with van der Waals surface area (Å²) in [6.45, 7) is 4.80. The first-order valence-electron chi connectivity index (χ1n) is 12.1. The lowest BCUT2D eigenvalue weighted by molar-refractivity contribution is 0.425. The van der Waals surface area contributed by atoms with Gasteiger partial charge in [0.2, 0.25) is 10.0 Å². The van der Waals surface area contributed by atoms with Crippen molar-refractivity contribution < 1.29 is 8.42 Å². The first-order chi connectivity index (χ1) is 16.4. The van der Waals surface area contributed by atoms with Crippen LogP contribution in [0.1, 0.15) is 60.4 Å². The maximum absolute atomic E-state index is 13.0. The number of hydrogen-bond donors (Lipinski definition) is 2. The monoisotopic (exact) mass is 472 g/mol. The summed E-state index contributed by atoms with van der Waals surface area (Å²) in [4.78, 5) is 0.333. The lowest BCUT2D eigenvalue weighted by Gasteiger charge is -2.37. The average molecular weight is 473 g/mol. The second-order valence-electron chi connectivity index (χ2n) is 9.68. The minimum atomic E-state index is -3.57. The van der Waals surface area contributed by atoms with E-state index in [0.29, 0.717) is 29.7 Å². The zero-order chi connectivity index (χ0) is 23.7. The van der Waals surface area contributed by atoms with Crippen molar-refractivity contribution in [3.8, 4) is 0 Å². The van der Waals surface area contributed by atoms with Crippen LogP contribution in [0.5, 0.6) is 0 Å². The molecule has 1 aliphatic carbocycles. The number of benzene rings is 3. The summed E-state index contributed by atoms with van der Waals surface area (Å²) >= 11 is 0. The molecule has 0 radical (unpaired) electrons. The van der Waals surface area contributed by atoms with Crippen LogP contribution in [0.25, 0.3) is 0 Å². The quantitative estimate of drug-likeness (QED) is 0.405. The molecule has 2 N–H and O–H groups in total. The van der Waals surface area contributed by atoms with Gasteiger partial charge in [-0.05, 0) is 65.1 Å². The molecule has 34 heavy (non-hydrogen) atoms. The molecular weight excluding hydrogens is 440 g/mol. The van der Waals surface area contributed by atoms with Gasteiger partial charge in [-0.3, -0.25) is 0 Å². The van der Waals surface area contributed by atoms with Crippen LogP contribution in [-0.4, -0.2) is 15.0 Å². The van der Waals surface area contributed by atoms with Crippen LogP contribution >= 0.6 is 0 Å². The summed E-state index contributed by atoms with van der Waals surface area (Å²) < 4.78 is 28.8. The van der Waals surface area contributed by atoms with Crippen LogP contribution in [0.4, 0.5) is 5.69 Å². The standard InChI is InChI=1S/C29H32N2O2S/c1-20(2)22-11-13-23(14-12-22)29-26-10-6-9-25(26)27-19-24(15-16-28(27)31-29)34(32,33)30-18-17-21-7-4-3-5-8-21/h3-9,11-16,19-20,25-26,29-31H,10,17-18H2,1-2H3. The minimum Gasteiger partial charge on any atom is -0.378 e. The summed E-state index contributed by atoms with van der Waals surface area (Å²) in [5.74, 6) is 1.10. The maximum atomic E-state index is 13.0. The van der Waals surface area contributed by atoms with Crippen LogP contribution < -0.4 is 10.0 Å². The van der Waals surface area contributed by atoms with Crippen molar-refractivity contribution in [3.63, 3.8) is 0 Å². The number of fused-ring (bicyclic) bond motifs is 3. The van der Waals surface area contributed by atoms with Crippen molar-refractivity contribution in [3.05, 3.63) is 107 Å². The first kappa shape index (κ1) is 22.9. The largest absolute Gasteiger partial charge is 0.378 e. The van der Waals surface area contributed by atoms with E-state index in [4.69, 9.17) is 0 Å². The molecule has 1 aliphatic heterocycles. The summed E-state index contributed by atoms with van der Waals surface area (Å²) in [5, 5.41) is 3.72. The van der Waals surface area contributed by atoms with Gasteiger partial charge in [0.25, 0.3) is 0 Å². The van der Waals surface area contributed by atoms with E-state index in [1.54, 1.807) is 6.07 Å². The van der Waals surface area contributed by atoms with Crippen LogP contribution in [-0.2, 0) is 16.4 Å². The lowest BCUT2D eigenvalue weighted by Crippen LogP contribution is -2.30. The van der Waals surface area contributed by atoms with Gasteiger partial charge in [0.1, 0.15) is 0 Å². The van der Waals surface area contributed by atoms with Crippen LogP contribution in [0.3, 0.4) is 0 Å². The second kappa shape index (κ2) is 9.40. The molecule has 5 heteroatoms. The van der Waals surface area contributed by atoms with E-state index in [0.717, 1.165) is 23.2 Å². The highest BCUT2D eigenvalue weighted by molar-refractivity contribution is 7.89. The SMILES string of the molecule is CC(C)c1ccc(C2Nc3ccc(S(=O)(=O)NCCc4ccccc4)cc3C3C=CCC32)cc1. The van der Waals surface area contributed by atoms with Crippen molar-refractivity contribution in [2.75, 3.05) is 11.9 Å². The summed E-state index contributed by atoms with van der Waals surface area (Å²) in [7, 11) is -3.57. The fourth-order valence-electron chi connectivity index (χ4n) is 5.22. The Labute approximate surface area is 203 Å². The topological polar surface area (TPSA) is 58.2 Å². The molecule has 176 valence electrons. The van der Waals surface area contributed by atoms with Gasteiger partial charge in [0.05, 0.1) is 10.9 Å². The lowest BCUT2D eigenvalue weighted by atomic mass is 9.77. The normalized spacial score (nSPS) is 21.2. The molecule has 0 amide bonds. The minimum absolute atomic E-state index is 0.208. The van der Waals surface area contributed by atoms with Gasteiger partial charge in [-0.2, -0.15) is 0 Å². The zero-order valence-electron chi connectivity index (χ0n) is 19.7. The van der Waals surface area contributed by atoms with E-state index < -0.39 is 10.0 Å². The molecule has 1 heterocycles. The van der Waals surface area contributed by atoms with E-state index in [1.165, 1.54) is 11.1 Å². The molecule has 3 atom stereocenters. The number of allylic oxidation sites excluding steroid dienone is 2. The second-order valence-corrected chi connectivity index (χ2v) is 11.4. The number of anilines is 1. The smallest absolute Gasteiger partial charge is 0.240 e. The number of nitrogens with one attached hydrogen (secondary N) is 2. The van der Waals surface area contributed by atoms with Gasteiger partial charge in [-0.15, -0.1) is 0 Å². The molecule has 3 aromatic carbocycles. The van der Waals surface area contributed by atoms with E-state index in [-0.39, 0.29) is 12.0 Å². The van der Waals surface area contributed by atoms with Crippen molar-refractivity contribution in [1.82, 2.24) is 4.72 Å². The fourth-order valence-corrected chi connectivity index (χ4v) is 6.28. The van der Waals surface area contributed by atoms with Crippen molar-refractivity contribution in [1.29, 1.82) is 0 Å². The predicted molar refractivity (Wildman–Crippen MR) is 139 cm³/mol. The summed E-state index contributed by atoms with van der Waals surface area (Å²) in [6, 6.07) is 24.6. The van der Waals surface area contributed by atoms with Gasteiger partial charge in [0.15, 0.2) is 0 Å². The molecule has 3 aromatic rings. The van der Waals surface area contributed by atoms with Gasteiger partial charge in [-0.25, -0.2) is 13.1 Å². The Morgan fingerprint density at radius 1 is 1.00 bits per heavy atom. The van der Waals surface area contributed by atoms with Crippen LogP contribution in [0.15, 0.2) is 89.8 Å². The fraction of sp³-hybridized carbons (Fsp3) is 0.310. The highest BCUT2D eigenvalue weighted by Crippen LogP contribution is 2.50. The third-order valence-corrected chi connectivity index (χ3v) is 8.61. The van der Waals surface area contributed by atoms with Crippen LogP contribution in [0, 0.1) is 5.92 Å². The Balaban J connectivity index is 1.36. The van der Waals surface area contributed by atoms with Gasteiger partial charge in [0, 0.05) is 18.2 Å². The van der Waals surface area contributed by atoms with Gasteiger partial charge >= 0.3 is 0 Å². The summed E-state index contributed by atoms with van der Waals surface area (Å²) in [5.41, 5.74) is 5.84. The van der Waals surface area contributed by atoms with E-state index in [2.05, 4.69) is 60.3 Å². The third-order valence-electron chi connectivity index (χ3n) is 7.16. The Morgan fingerprint density at radius 3 is 2.50 bits per heavy atom. The Morgan fingerprint density at radius 2 is 1.76 bits per heavy atom. The van der Waals surface area contributed by atoms with Gasteiger partial charge in [-0.1, -0.05) is 80.6 Å². The molecule has 3 unspecified atom stereocenters. The average Bonchev–Trinajstić information content (AvgIpc) is 3.34. The predicted octanol–water partition coefficient (Wildman–Crippen LogP) is 6.16. The Kier molecular flexibility index (Phi) is 6.32. The molecule has 0 saturated carbocycles.